The van der Waals surface area contributed by atoms with Crippen molar-refractivity contribution in [1.82, 2.24) is 0 Å². The molecule has 0 amide bonds. The van der Waals surface area contributed by atoms with Gasteiger partial charge in [-0.2, -0.15) is 0 Å². The Labute approximate surface area is 115 Å². The van der Waals surface area contributed by atoms with Gasteiger partial charge in [0.1, 0.15) is 0 Å². The monoisotopic (exact) mass is 270 g/mol. The molecule has 0 aliphatic heterocycles. The van der Waals surface area contributed by atoms with Crippen LogP contribution in [0.5, 0.6) is 0 Å². The van der Waals surface area contributed by atoms with E-state index in [0.29, 0.717) is 25.2 Å². The number of hydrogen-bond donors (Lipinski definition) is 3. The fourth-order valence-electron chi connectivity index (χ4n) is 2.54. The van der Waals surface area contributed by atoms with E-state index in [1.165, 1.54) is 5.57 Å². The topological polar surface area (TPSA) is 77.8 Å². The van der Waals surface area contributed by atoms with Crippen LogP contribution in [0.3, 0.4) is 0 Å². The van der Waals surface area contributed by atoms with E-state index in [9.17, 15) is 15.0 Å². The Morgan fingerprint density at radius 2 is 2.16 bits per heavy atom. The number of aliphatic carboxylic acids is 1. The molecule has 0 aromatic carbocycles. The van der Waals surface area contributed by atoms with Crippen LogP contribution in [0.15, 0.2) is 11.6 Å². The molecule has 0 saturated heterocycles. The van der Waals surface area contributed by atoms with E-state index >= 15 is 0 Å². The summed E-state index contributed by atoms with van der Waals surface area (Å²) >= 11 is 0. The van der Waals surface area contributed by atoms with E-state index in [4.69, 9.17) is 5.11 Å². The lowest BCUT2D eigenvalue weighted by atomic mass is 9.75. The van der Waals surface area contributed by atoms with Crippen molar-refractivity contribution < 1.29 is 20.1 Å². The number of rotatable bonds is 5. The number of allylic oxidation sites excluding steroid dienone is 2. The van der Waals surface area contributed by atoms with Crippen molar-refractivity contribution in [2.45, 2.75) is 64.6 Å². The molecule has 1 aliphatic rings. The summed E-state index contributed by atoms with van der Waals surface area (Å²) in [7, 11) is 0. The quantitative estimate of drug-likeness (QED) is 0.670. The fourth-order valence-corrected chi connectivity index (χ4v) is 2.54. The van der Waals surface area contributed by atoms with Crippen LogP contribution in [0.2, 0.25) is 0 Å². The first-order chi connectivity index (χ1) is 8.74. The number of carboxylic acids is 1. The second-order valence-corrected chi connectivity index (χ2v) is 6.11. The van der Waals surface area contributed by atoms with Gasteiger partial charge in [0.05, 0.1) is 17.6 Å². The third kappa shape index (κ3) is 4.62. The van der Waals surface area contributed by atoms with Crippen molar-refractivity contribution >= 4 is 5.97 Å². The van der Waals surface area contributed by atoms with Crippen molar-refractivity contribution in [1.29, 1.82) is 0 Å². The van der Waals surface area contributed by atoms with Crippen molar-refractivity contribution in [2.75, 3.05) is 0 Å². The van der Waals surface area contributed by atoms with Crippen LogP contribution in [0.1, 0.15) is 52.9 Å². The highest BCUT2D eigenvalue weighted by Gasteiger charge is 2.37. The molecule has 110 valence electrons. The molecule has 0 radical (unpaired) electrons. The average molecular weight is 270 g/mol. The third-order valence-electron chi connectivity index (χ3n) is 4.36. The summed E-state index contributed by atoms with van der Waals surface area (Å²) in [5, 5.41) is 28.6. The SMILES string of the molecule is CC(=CCCC(C)C(=O)O)[C@H]1CC[C@@](C)(O)[C@@H](O)C1. The predicted octanol–water partition coefficient (Wildman–Crippen LogP) is 2.35. The molecule has 1 saturated carbocycles. The average Bonchev–Trinajstić information content (AvgIpc) is 2.32. The molecule has 0 bridgehead atoms. The lowest BCUT2D eigenvalue weighted by Crippen LogP contribution is -2.44. The number of hydrogen-bond acceptors (Lipinski definition) is 3. The molecule has 19 heavy (non-hydrogen) atoms. The summed E-state index contributed by atoms with van der Waals surface area (Å²) in [6, 6.07) is 0. The molecule has 4 heteroatoms. The van der Waals surface area contributed by atoms with Crippen LogP contribution in [-0.2, 0) is 4.79 Å². The first-order valence-electron chi connectivity index (χ1n) is 7.04. The molecule has 0 aromatic rings. The van der Waals surface area contributed by atoms with E-state index in [2.05, 4.69) is 6.08 Å². The fraction of sp³-hybridized carbons (Fsp3) is 0.800. The van der Waals surface area contributed by atoms with Gasteiger partial charge in [0.25, 0.3) is 0 Å². The Kier molecular flexibility index (Phi) is 5.56. The van der Waals surface area contributed by atoms with Crippen LogP contribution < -0.4 is 0 Å². The zero-order valence-electron chi connectivity index (χ0n) is 12.1. The van der Waals surface area contributed by atoms with Gasteiger partial charge in [-0.25, -0.2) is 0 Å². The van der Waals surface area contributed by atoms with E-state index < -0.39 is 17.7 Å². The van der Waals surface area contributed by atoms with Crippen LogP contribution in [-0.4, -0.2) is 33.0 Å². The Morgan fingerprint density at radius 3 is 2.68 bits per heavy atom. The molecule has 1 fully saturated rings. The maximum absolute atomic E-state index is 10.7. The maximum atomic E-state index is 10.7. The number of carbonyl (C=O) groups is 1. The summed E-state index contributed by atoms with van der Waals surface area (Å²) in [5.74, 6) is -0.771. The number of carboxylic acid groups (broad SMARTS) is 1. The van der Waals surface area contributed by atoms with Crippen LogP contribution >= 0.6 is 0 Å². The Hall–Kier alpha value is -0.870. The van der Waals surface area contributed by atoms with Gasteiger partial charge >= 0.3 is 5.97 Å². The van der Waals surface area contributed by atoms with Gasteiger partial charge in [0.15, 0.2) is 0 Å². The first-order valence-corrected chi connectivity index (χ1v) is 7.04. The van der Waals surface area contributed by atoms with E-state index in [-0.39, 0.29) is 5.92 Å². The standard InChI is InChI=1S/C15H26O4/c1-10(5-4-6-11(2)14(17)18)12-7-8-15(3,19)13(16)9-12/h5,11-13,16,19H,4,6-9H2,1-3H3,(H,17,18)/t11?,12-,13-,15+/m0/s1. The van der Waals surface area contributed by atoms with Gasteiger partial charge in [-0.05, 0) is 51.9 Å². The molecule has 4 nitrogen and oxygen atoms in total. The Balaban J connectivity index is 2.46. The molecular weight excluding hydrogens is 244 g/mol. The van der Waals surface area contributed by atoms with Crippen LogP contribution in [0, 0.1) is 11.8 Å². The number of aliphatic hydroxyl groups is 2. The minimum absolute atomic E-state index is 0.301. The van der Waals surface area contributed by atoms with Gasteiger partial charge in [-0.1, -0.05) is 18.6 Å². The maximum Gasteiger partial charge on any atom is 0.306 e. The van der Waals surface area contributed by atoms with Gasteiger partial charge in [-0.3, -0.25) is 4.79 Å². The zero-order chi connectivity index (χ0) is 14.6. The lowest BCUT2D eigenvalue weighted by Gasteiger charge is -2.38. The molecule has 1 aliphatic carbocycles. The molecule has 0 spiro atoms. The second kappa shape index (κ2) is 6.53. The molecule has 4 atom stereocenters. The highest BCUT2D eigenvalue weighted by molar-refractivity contribution is 5.69. The van der Waals surface area contributed by atoms with Crippen molar-refractivity contribution in [3.05, 3.63) is 11.6 Å². The summed E-state index contributed by atoms with van der Waals surface area (Å²) in [5.41, 5.74) is 0.237. The highest BCUT2D eigenvalue weighted by atomic mass is 16.4. The van der Waals surface area contributed by atoms with Gasteiger partial charge < -0.3 is 15.3 Å². The largest absolute Gasteiger partial charge is 0.481 e. The summed E-state index contributed by atoms with van der Waals surface area (Å²) in [4.78, 5) is 10.7. The van der Waals surface area contributed by atoms with Gasteiger partial charge in [0, 0.05) is 0 Å². The highest BCUT2D eigenvalue weighted by Crippen LogP contribution is 2.35. The second-order valence-electron chi connectivity index (χ2n) is 6.11. The van der Waals surface area contributed by atoms with E-state index in [1.807, 2.05) is 6.92 Å². The van der Waals surface area contributed by atoms with Gasteiger partial charge in [0.2, 0.25) is 0 Å². The molecule has 0 aromatic heterocycles. The molecule has 1 rings (SSSR count). The first kappa shape index (κ1) is 16.2. The predicted molar refractivity (Wildman–Crippen MR) is 73.8 cm³/mol. The zero-order valence-corrected chi connectivity index (χ0v) is 12.1. The molecular formula is C15H26O4. The van der Waals surface area contributed by atoms with Crippen molar-refractivity contribution in [2.24, 2.45) is 11.8 Å². The molecule has 1 unspecified atom stereocenters. The Bertz CT molecular complexity index is 346. The molecule has 0 heterocycles. The smallest absolute Gasteiger partial charge is 0.306 e. The lowest BCUT2D eigenvalue weighted by molar-refractivity contribution is -0.141. The summed E-state index contributed by atoms with van der Waals surface area (Å²) in [6.45, 7) is 5.43. The normalized spacial score (nSPS) is 34.1. The number of aliphatic hydroxyl groups excluding tert-OH is 1. The van der Waals surface area contributed by atoms with Gasteiger partial charge in [-0.15, -0.1) is 0 Å². The summed E-state index contributed by atoms with van der Waals surface area (Å²) < 4.78 is 0. The third-order valence-corrected chi connectivity index (χ3v) is 4.36. The van der Waals surface area contributed by atoms with Crippen LogP contribution in [0.4, 0.5) is 0 Å². The minimum Gasteiger partial charge on any atom is -0.481 e. The van der Waals surface area contributed by atoms with Crippen molar-refractivity contribution in [3.63, 3.8) is 0 Å². The van der Waals surface area contributed by atoms with E-state index in [1.54, 1.807) is 13.8 Å². The van der Waals surface area contributed by atoms with E-state index in [0.717, 1.165) is 12.8 Å². The van der Waals surface area contributed by atoms with Crippen molar-refractivity contribution in [3.8, 4) is 0 Å². The minimum atomic E-state index is -0.964. The Morgan fingerprint density at radius 1 is 1.53 bits per heavy atom. The van der Waals surface area contributed by atoms with Crippen LogP contribution in [0.25, 0.3) is 0 Å². The molecule has 3 N–H and O–H groups in total. The summed E-state index contributed by atoms with van der Waals surface area (Å²) in [6.07, 6.45) is 4.87.